The lowest BCUT2D eigenvalue weighted by Crippen LogP contribution is -2.42. The number of ketones is 1. The van der Waals surface area contributed by atoms with Gasteiger partial charge in [0.1, 0.15) is 12.4 Å². The Labute approximate surface area is 191 Å². The molecule has 1 fully saturated rings. The standard InChI is InChI=1S/C21H23F5N2O6/c22-14-7-13-16(29)9-18(33-17(13)8-15(14)23)20(31)28-4-2-1-3-27-19(30)10-32-11-5-12(6-11)34-21(24,25)26/h7-8,11-12,18H,1-6,9-10H2,(H,27,30)(H,28,31)/t11?,12?,18-/m1/s1. The molecule has 2 amide bonds. The number of ether oxygens (including phenoxy) is 3. The van der Waals surface area contributed by atoms with Crippen LogP contribution in [-0.2, 0) is 19.1 Å². The number of hydrogen-bond acceptors (Lipinski definition) is 6. The van der Waals surface area contributed by atoms with Crippen LogP contribution in [0, 0.1) is 11.6 Å². The first-order valence-electron chi connectivity index (χ1n) is 10.6. The number of Topliss-reactive ketones (excluding diaryl/α,β-unsaturated/α-hetero) is 1. The number of unbranched alkanes of at least 4 members (excludes halogenated alkanes) is 1. The van der Waals surface area contributed by atoms with Crippen LogP contribution in [0.1, 0.15) is 42.5 Å². The number of hydrogen-bond donors (Lipinski definition) is 2. The second-order valence-corrected chi connectivity index (χ2v) is 7.93. The Morgan fingerprint density at radius 3 is 2.35 bits per heavy atom. The first-order chi connectivity index (χ1) is 16.0. The molecule has 1 saturated carbocycles. The van der Waals surface area contributed by atoms with E-state index in [-0.39, 0.29) is 43.7 Å². The highest BCUT2D eigenvalue weighted by Crippen LogP contribution is 2.32. The summed E-state index contributed by atoms with van der Waals surface area (Å²) in [5.74, 6) is -4.08. The van der Waals surface area contributed by atoms with Crippen LogP contribution in [-0.4, -0.2) is 62.0 Å². The van der Waals surface area contributed by atoms with Crippen molar-refractivity contribution in [3.8, 4) is 5.75 Å². The molecule has 0 spiro atoms. The predicted molar refractivity (Wildman–Crippen MR) is 105 cm³/mol. The zero-order valence-electron chi connectivity index (χ0n) is 17.9. The Morgan fingerprint density at radius 1 is 1.03 bits per heavy atom. The maximum atomic E-state index is 13.4. The summed E-state index contributed by atoms with van der Waals surface area (Å²) in [6.07, 6.45) is -6.40. The summed E-state index contributed by atoms with van der Waals surface area (Å²) in [6.45, 7) is 0.241. The Morgan fingerprint density at radius 2 is 1.68 bits per heavy atom. The van der Waals surface area contributed by atoms with Crippen LogP contribution < -0.4 is 15.4 Å². The normalized spacial score (nSPS) is 21.8. The smallest absolute Gasteiger partial charge is 0.479 e. The highest BCUT2D eigenvalue weighted by atomic mass is 19.4. The Hall–Kier alpha value is -2.80. The number of halogens is 5. The van der Waals surface area contributed by atoms with E-state index >= 15 is 0 Å². The summed E-state index contributed by atoms with van der Waals surface area (Å²) in [4.78, 5) is 36.0. The topological polar surface area (TPSA) is 103 Å². The van der Waals surface area contributed by atoms with Crippen molar-refractivity contribution in [1.29, 1.82) is 0 Å². The molecule has 2 aliphatic rings. The fourth-order valence-corrected chi connectivity index (χ4v) is 3.45. The van der Waals surface area contributed by atoms with Crippen molar-refractivity contribution in [2.24, 2.45) is 0 Å². The maximum absolute atomic E-state index is 13.4. The van der Waals surface area contributed by atoms with Crippen LogP contribution in [0.5, 0.6) is 5.75 Å². The van der Waals surface area contributed by atoms with E-state index in [0.717, 1.165) is 12.1 Å². The third-order valence-corrected chi connectivity index (χ3v) is 5.28. The van der Waals surface area contributed by atoms with E-state index in [9.17, 15) is 36.3 Å². The van der Waals surface area contributed by atoms with Gasteiger partial charge < -0.3 is 20.1 Å². The molecule has 8 nitrogen and oxygen atoms in total. The van der Waals surface area contributed by atoms with Gasteiger partial charge in [0.15, 0.2) is 23.5 Å². The van der Waals surface area contributed by atoms with Gasteiger partial charge in [0, 0.05) is 32.0 Å². The molecule has 1 aromatic rings. The van der Waals surface area contributed by atoms with E-state index in [1.165, 1.54) is 0 Å². The first-order valence-corrected chi connectivity index (χ1v) is 10.6. The quantitative estimate of drug-likeness (QED) is 0.383. The van der Waals surface area contributed by atoms with Gasteiger partial charge in [-0.3, -0.25) is 19.1 Å². The van der Waals surface area contributed by atoms with Crippen LogP contribution in [0.4, 0.5) is 22.0 Å². The highest BCUT2D eigenvalue weighted by Gasteiger charge is 2.40. The molecule has 3 rings (SSSR count). The van der Waals surface area contributed by atoms with Gasteiger partial charge in [0.25, 0.3) is 5.91 Å². The number of amides is 2. The Balaban J connectivity index is 1.24. The molecule has 1 aliphatic carbocycles. The molecule has 13 heteroatoms. The third-order valence-electron chi connectivity index (χ3n) is 5.28. The Kier molecular flexibility index (Phi) is 8.42. The fraction of sp³-hybridized carbons (Fsp3) is 0.571. The molecular weight excluding hydrogens is 471 g/mol. The van der Waals surface area contributed by atoms with Crippen LogP contribution in [0.15, 0.2) is 12.1 Å². The number of alkyl halides is 3. The average Bonchev–Trinajstić information content (AvgIpc) is 2.72. The van der Waals surface area contributed by atoms with Crippen molar-refractivity contribution >= 4 is 17.6 Å². The number of carbonyl (C=O) groups is 3. The predicted octanol–water partition coefficient (Wildman–Crippen LogP) is 2.40. The zero-order valence-corrected chi connectivity index (χ0v) is 17.9. The van der Waals surface area contributed by atoms with Gasteiger partial charge in [-0.1, -0.05) is 0 Å². The highest BCUT2D eigenvalue weighted by molar-refractivity contribution is 6.03. The number of nitrogens with one attached hydrogen (secondary N) is 2. The lowest BCUT2D eigenvalue weighted by Gasteiger charge is -2.34. The summed E-state index contributed by atoms with van der Waals surface area (Å²) in [5.41, 5.74) is -0.116. The lowest BCUT2D eigenvalue weighted by atomic mass is 9.92. The van der Waals surface area contributed by atoms with Crippen LogP contribution in [0.2, 0.25) is 0 Å². The van der Waals surface area contributed by atoms with Gasteiger partial charge in [0.2, 0.25) is 5.91 Å². The van der Waals surface area contributed by atoms with Gasteiger partial charge in [-0.2, -0.15) is 0 Å². The van der Waals surface area contributed by atoms with Crippen molar-refractivity contribution in [2.45, 2.75) is 56.8 Å². The van der Waals surface area contributed by atoms with E-state index in [1.807, 2.05) is 0 Å². The minimum atomic E-state index is -4.68. The molecule has 1 atom stereocenters. The minimum absolute atomic E-state index is 0.0696. The van der Waals surface area contributed by atoms with Gasteiger partial charge in [-0.25, -0.2) is 8.78 Å². The van der Waals surface area contributed by atoms with Crippen molar-refractivity contribution < 1.29 is 50.5 Å². The van der Waals surface area contributed by atoms with Gasteiger partial charge in [0.05, 0.1) is 24.2 Å². The molecular formula is C21H23F5N2O6. The second kappa shape index (κ2) is 11.1. The van der Waals surface area contributed by atoms with E-state index in [0.29, 0.717) is 19.4 Å². The van der Waals surface area contributed by atoms with Crippen molar-refractivity contribution in [1.82, 2.24) is 10.6 Å². The van der Waals surface area contributed by atoms with Crippen molar-refractivity contribution in [3.63, 3.8) is 0 Å². The number of fused-ring (bicyclic) bond motifs is 1. The number of rotatable bonds is 10. The summed E-state index contributed by atoms with van der Waals surface area (Å²) in [5, 5.41) is 5.17. The fourth-order valence-electron chi connectivity index (χ4n) is 3.45. The molecule has 0 saturated heterocycles. The number of carbonyl (C=O) groups excluding carboxylic acids is 3. The molecule has 2 N–H and O–H groups in total. The molecule has 0 unspecified atom stereocenters. The monoisotopic (exact) mass is 494 g/mol. The van der Waals surface area contributed by atoms with Crippen molar-refractivity contribution in [2.75, 3.05) is 19.7 Å². The molecule has 0 aromatic heterocycles. The second-order valence-electron chi connectivity index (χ2n) is 7.93. The van der Waals surface area contributed by atoms with Gasteiger partial charge in [-0.15, -0.1) is 13.2 Å². The Bertz CT molecular complexity index is 920. The number of benzene rings is 1. The van der Waals surface area contributed by atoms with Crippen LogP contribution in [0.3, 0.4) is 0 Å². The summed E-state index contributed by atoms with van der Waals surface area (Å²) < 4.78 is 77.1. The summed E-state index contributed by atoms with van der Waals surface area (Å²) in [6, 6.07) is 1.47. The summed E-state index contributed by atoms with van der Waals surface area (Å²) in [7, 11) is 0. The van der Waals surface area contributed by atoms with Crippen molar-refractivity contribution in [3.05, 3.63) is 29.3 Å². The van der Waals surface area contributed by atoms with Gasteiger partial charge in [-0.05, 0) is 18.9 Å². The third kappa shape index (κ3) is 7.35. The molecule has 0 radical (unpaired) electrons. The minimum Gasteiger partial charge on any atom is -0.479 e. The van der Waals surface area contributed by atoms with E-state index in [1.54, 1.807) is 0 Å². The van der Waals surface area contributed by atoms with Gasteiger partial charge >= 0.3 is 6.36 Å². The molecule has 1 aromatic carbocycles. The van der Waals surface area contributed by atoms with E-state index < -0.39 is 53.9 Å². The molecule has 34 heavy (non-hydrogen) atoms. The SMILES string of the molecule is O=C(COC1CC(OC(F)(F)F)C1)NCCCCNC(=O)[C@H]1CC(=O)c2cc(F)c(F)cc2O1. The largest absolute Gasteiger partial charge is 0.522 e. The molecule has 1 aliphatic heterocycles. The lowest BCUT2D eigenvalue weighted by molar-refractivity contribution is -0.357. The zero-order chi connectivity index (χ0) is 24.9. The van der Waals surface area contributed by atoms with E-state index in [2.05, 4.69) is 15.4 Å². The maximum Gasteiger partial charge on any atom is 0.522 e. The molecule has 1 heterocycles. The summed E-state index contributed by atoms with van der Waals surface area (Å²) >= 11 is 0. The van der Waals surface area contributed by atoms with Crippen LogP contribution in [0.25, 0.3) is 0 Å². The van der Waals surface area contributed by atoms with E-state index in [4.69, 9.17) is 9.47 Å². The molecule has 188 valence electrons. The first kappa shape index (κ1) is 25.8. The van der Waals surface area contributed by atoms with Crippen LogP contribution >= 0.6 is 0 Å². The molecule has 0 bridgehead atoms. The average molecular weight is 494 g/mol.